The van der Waals surface area contributed by atoms with Gasteiger partial charge in [0.2, 0.25) is 0 Å². The summed E-state index contributed by atoms with van der Waals surface area (Å²) in [6, 6.07) is 1.24. The monoisotopic (exact) mass is 282 g/mol. The largest absolute Gasteiger partial charge is 0.377 e. The fourth-order valence-electron chi connectivity index (χ4n) is 3.55. The summed E-state index contributed by atoms with van der Waals surface area (Å²) in [6.07, 6.45) is 4.28. The Labute approximate surface area is 125 Å². The number of hydrogen-bond donors (Lipinski definition) is 1. The van der Waals surface area contributed by atoms with E-state index in [9.17, 15) is 0 Å². The topological polar surface area (TPSA) is 24.5 Å². The molecule has 0 aromatic rings. The smallest absolute Gasteiger partial charge is 0.0702 e. The van der Waals surface area contributed by atoms with Gasteiger partial charge in [-0.25, -0.2) is 0 Å². The van der Waals surface area contributed by atoms with Crippen LogP contribution in [0.15, 0.2) is 0 Å². The fourth-order valence-corrected chi connectivity index (χ4v) is 3.55. The predicted molar refractivity (Wildman–Crippen MR) is 85.0 cm³/mol. The minimum absolute atomic E-state index is 0.323. The molecule has 0 amide bonds. The molecule has 2 rings (SSSR count). The Morgan fingerprint density at radius 2 is 2.00 bits per heavy atom. The molecule has 0 radical (unpaired) electrons. The van der Waals surface area contributed by atoms with Crippen LogP contribution in [0.4, 0.5) is 0 Å². The summed E-state index contributed by atoms with van der Waals surface area (Å²) in [5.41, 5.74) is 0.323. The molecule has 0 aliphatic carbocycles. The van der Waals surface area contributed by atoms with Crippen LogP contribution < -0.4 is 5.32 Å². The highest BCUT2D eigenvalue weighted by Gasteiger charge is 2.37. The van der Waals surface area contributed by atoms with Crippen molar-refractivity contribution in [3.63, 3.8) is 0 Å². The van der Waals surface area contributed by atoms with E-state index in [0.29, 0.717) is 29.5 Å². The first kappa shape index (κ1) is 16.3. The van der Waals surface area contributed by atoms with Gasteiger partial charge in [0.1, 0.15) is 0 Å². The molecule has 2 heterocycles. The predicted octanol–water partition coefficient (Wildman–Crippen LogP) is 2.90. The van der Waals surface area contributed by atoms with Crippen molar-refractivity contribution in [1.29, 1.82) is 0 Å². The molecule has 0 saturated carbocycles. The molecule has 3 atom stereocenters. The van der Waals surface area contributed by atoms with Crippen LogP contribution in [-0.2, 0) is 4.74 Å². The van der Waals surface area contributed by atoms with Gasteiger partial charge >= 0.3 is 0 Å². The van der Waals surface area contributed by atoms with E-state index in [1.807, 2.05) is 0 Å². The van der Waals surface area contributed by atoms with Gasteiger partial charge in [-0.3, -0.25) is 4.90 Å². The van der Waals surface area contributed by atoms with Crippen LogP contribution in [0.25, 0.3) is 0 Å². The van der Waals surface area contributed by atoms with Crippen molar-refractivity contribution in [2.75, 3.05) is 26.2 Å². The van der Waals surface area contributed by atoms with E-state index in [1.54, 1.807) is 0 Å². The summed E-state index contributed by atoms with van der Waals surface area (Å²) in [5.74, 6) is 0.700. The molecule has 1 N–H and O–H groups in total. The zero-order chi connectivity index (χ0) is 14.8. The normalized spacial score (nSPS) is 33.6. The average Bonchev–Trinajstić information content (AvgIpc) is 2.38. The van der Waals surface area contributed by atoms with Gasteiger partial charge in [0.15, 0.2) is 0 Å². The zero-order valence-electron chi connectivity index (χ0n) is 14.1. The average molecular weight is 282 g/mol. The number of hydrogen-bond acceptors (Lipinski definition) is 3. The second-order valence-electron chi connectivity index (χ2n) is 8.08. The molecule has 3 unspecified atom stereocenters. The number of rotatable bonds is 3. The van der Waals surface area contributed by atoms with E-state index in [2.05, 4.69) is 44.8 Å². The van der Waals surface area contributed by atoms with Crippen molar-refractivity contribution in [3.8, 4) is 0 Å². The Balaban J connectivity index is 2.01. The summed E-state index contributed by atoms with van der Waals surface area (Å²) in [4.78, 5) is 2.71. The van der Waals surface area contributed by atoms with Gasteiger partial charge in [0.25, 0.3) is 0 Å². The van der Waals surface area contributed by atoms with Gasteiger partial charge in [-0.2, -0.15) is 0 Å². The van der Waals surface area contributed by atoms with Crippen LogP contribution in [0.3, 0.4) is 0 Å². The third kappa shape index (κ3) is 4.19. The van der Waals surface area contributed by atoms with Crippen molar-refractivity contribution in [2.24, 2.45) is 11.3 Å². The Morgan fingerprint density at radius 3 is 2.55 bits per heavy atom. The molecule has 3 nitrogen and oxygen atoms in total. The molecule has 0 spiro atoms. The van der Waals surface area contributed by atoms with Crippen LogP contribution in [0, 0.1) is 11.3 Å². The minimum Gasteiger partial charge on any atom is -0.377 e. The maximum atomic E-state index is 5.98. The second-order valence-corrected chi connectivity index (χ2v) is 8.08. The van der Waals surface area contributed by atoms with Crippen molar-refractivity contribution in [2.45, 2.75) is 72.1 Å². The molecule has 118 valence electrons. The van der Waals surface area contributed by atoms with E-state index in [0.717, 1.165) is 19.7 Å². The lowest BCUT2D eigenvalue weighted by Crippen LogP contribution is -2.63. The summed E-state index contributed by atoms with van der Waals surface area (Å²) in [5, 5.41) is 3.76. The van der Waals surface area contributed by atoms with Gasteiger partial charge < -0.3 is 10.1 Å². The van der Waals surface area contributed by atoms with Crippen molar-refractivity contribution >= 4 is 0 Å². The van der Waals surface area contributed by atoms with Crippen LogP contribution in [0.2, 0.25) is 0 Å². The number of piperazine rings is 1. The summed E-state index contributed by atoms with van der Waals surface area (Å²) >= 11 is 0. The molecule has 3 heteroatoms. The Kier molecular flexibility index (Phi) is 5.49. The third-order valence-corrected chi connectivity index (χ3v) is 4.96. The van der Waals surface area contributed by atoms with Gasteiger partial charge in [-0.15, -0.1) is 0 Å². The van der Waals surface area contributed by atoms with E-state index in [-0.39, 0.29) is 0 Å². The summed E-state index contributed by atoms with van der Waals surface area (Å²) in [6.45, 7) is 16.1. The molecule has 0 aromatic carbocycles. The molecular formula is C17H34N2O. The molecule has 2 aliphatic heterocycles. The van der Waals surface area contributed by atoms with Crippen LogP contribution in [0.5, 0.6) is 0 Å². The highest BCUT2D eigenvalue weighted by atomic mass is 16.5. The zero-order valence-corrected chi connectivity index (χ0v) is 14.1. The van der Waals surface area contributed by atoms with Crippen LogP contribution in [0.1, 0.15) is 53.9 Å². The van der Waals surface area contributed by atoms with Gasteiger partial charge in [0.05, 0.1) is 6.10 Å². The number of ether oxygens (including phenoxy) is 1. The van der Waals surface area contributed by atoms with Gasteiger partial charge in [-0.05, 0) is 30.6 Å². The molecule has 2 aliphatic rings. The van der Waals surface area contributed by atoms with E-state index in [1.165, 1.54) is 25.8 Å². The van der Waals surface area contributed by atoms with Crippen molar-refractivity contribution in [1.82, 2.24) is 10.2 Å². The van der Waals surface area contributed by atoms with Crippen molar-refractivity contribution in [3.05, 3.63) is 0 Å². The summed E-state index contributed by atoms with van der Waals surface area (Å²) in [7, 11) is 0. The molecule has 20 heavy (non-hydrogen) atoms. The first-order valence-electron chi connectivity index (χ1n) is 8.47. The number of nitrogens with one attached hydrogen (secondary N) is 1. The lowest BCUT2D eigenvalue weighted by molar-refractivity contribution is -0.0391. The highest BCUT2D eigenvalue weighted by molar-refractivity contribution is 4.94. The van der Waals surface area contributed by atoms with Gasteiger partial charge in [0, 0.05) is 38.3 Å². The quantitative estimate of drug-likeness (QED) is 0.861. The maximum Gasteiger partial charge on any atom is 0.0702 e. The first-order chi connectivity index (χ1) is 9.38. The second kappa shape index (κ2) is 6.76. The first-order valence-corrected chi connectivity index (χ1v) is 8.47. The maximum absolute atomic E-state index is 5.98. The lowest BCUT2D eigenvalue weighted by Gasteiger charge is -2.48. The summed E-state index contributed by atoms with van der Waals surface area (Å²) < 4.78 is 5.98. The Hall–Kier alpha value is -0.120. The van der Waals surface area contributed by atoms with E-state index in [4.69, 9.17) is 4.74 Å². The van der Waals surface area contributed by atoms with Crippen LogP contribution in [-0.4, -0.2) is 49.3 Å². The van der Waals surface area contributed by atoms with E-state index < -0.39 is 0 Å². The Morgan fingerprint density at radius 1 is 1.25 bits per heavy atom. The van der Waals surface area contributed by atoms with E-state index >= 15 is 0 Å². The highest BCUT2D eigenvalue weighted by Crippen LogP contribution is 2.28. The molecular weight excluding hydrogens is 248 g/mol. The SMILES string of the molecule is CC(C)C1CN(CC2CCCCO2)C(C(C)(C)C)CN1. The van der Waals surface area contributed by atoms with Crippen molar-refractivity contribution < 1.29 is 4.74 Å². The van der Waals surface area contributed by atoms with Crippen LogP contribution >= 0.6 is 0 Å². The lowest BCUT2D eigenvalue weighted by atomic mass is 9.82. The Bertz CT molecular complexity index is 292. The molecule has 0 bridgehead atoms. The molecule has 0 aromatic heterocycles. The minimum atomic E-state index is 0.323. The third-order valence-electron chi connectivity index (χ3n) is 4.96. The standard InChI is InChI=1S/C17H34N2O/c1-13(2)15-12-19(11-14-8-6-7-9-20-14)16(10-18-15)17(3,4)5/h13-16,18H,6-12H2,1-5H3. The van der Waals surface area contributed by atoms with Gasteiger partial charge in [-0.1, -0.05) is 34.6 Å². The fraction of sp³-hybridized carbons (Fsp3) is 1.00. The molecule has 2 fully saturated rings. The molecule has 2 saturated heterocycles. The number of nitrogens with zero attached hydrogens (tertiary/aromatic N) is 1.